The number of hydrogen-bond donors (Lipinski definition) is 0. The Morgan fingerprint density at radius 1 is 1.07 bits per heavy atom. The second-order valence-electron chi connectivity index (χ2n) is 7.43. The Kier molecular flexibility index (Phi) is 5.19. The van der Waals surface area contributed by atoms with Crippen LogP contribution in [0, 0.1) is 12.8 Å². The van der Waals surface area contributed by atoms with E-state index in [4.69, 9.17) is 0 Å². The van der Waals surface area contributed by atoms with Gasteiger partial charge in [0.25, 0.3) is 5.91 Å². The molecule has 0 bridgehead atoms. The zero-order valence-electron chi connectivity index (χ0n) is 16.0. The number of carbonyl (C=O) groups is 2. The number of carbonyl (C=O) groups excluding carboxylic acids is 2. The van der Waals surface area contributed by atoms with Gasteiger partial charge in [0.15, 0.2) is 0 Å². The van der Waals surface area contributed by atoms with Crippen LogP contribution >= 0.6 is 0 Å². The predicted molar refractivity (Wildman–Crippen MR) is 107 cm³/mol. The molecule has 2 amide bonds. The monoisotopic (exact) mass is 376 g/mol. The van der Waals surface area contributed by atoms with Gasteiger partial charge in [-0.1, -0.05) is 30.3 Å². The van der Waals surface area contributed by atoms with Crippen LogP contribution < -0.4 is 0 Å². The van der Waals surface area contributed by atoms with Crippen molar-refractivity contribution in [2.45, 2.75) is 32.2 Å². The van der Waals surface area contributed by atoms with E-state index in [1.165, 1.54) is 0 Å². The number of aryl methyl sites for hydroxylation is 1. The van der Waals surface area contributed by atoms with Crippen molar-refractivity contribution in [3.05, 3.63) is 65.5 Å². The molecule has 1 atom stereocenters. The lowest BCUT2D eigenvalue weighted by molar-refractivity contribution is -0.138. The molecule has 6 heteroatoms. The highest BCUT2D eigenvalue weighted by molar-refractivity contribution is 5.92. The van der Waals surface area contributed by atoms with Crippen LogP contribution in [0.1, 0.15) is 46.9 Å². The summed E-state index contributed by atoms with van der Waals surface area (Å²) in [5.41, 5.74) is 2.59. The maximum atomic E-state index is 13.1. The molecule has 1 aromatic heterocycles. The maximum Gasteiger partial charge on any atom is 0.272 e. The van der Waals surface area contributed by atoms with Crippen LogP contribution in [0.25, 0.3) is 0 Å². The largest absolute Gasteiger partial charge is 0.337 e. The Hall–Kier alpha value is -3.02. The summed E-state index contributed by atoms with van der Waals surface area (Å²) in [6, 6.07) is 13.7. The van der Waals surface area contributed by atoms with E-state index in [1.807, 2.05) is 55.6 Å². The van der Waals surface area contributed by atoms with Crippen molar-refractivity contribution in [1.29, 1.82) is 0 Å². The maximum absolute atomic E-state index is 13.1. The third-order valence-corrected chi connectivity index (χ3v) is 5.51. The van der Waals surface area contributed by atoms with Crippen molar-refractivity contribution >= 4 is 18.0 Å². The van der Waals surface area contributed by atoms with E-state index in [9.17, 15) is 9.59 Å². The molecule has 6 nitrogen and oxygen atoms in total. The Labute approximate surface area is 164 Å². The Bertz CT molecular complexity index is 888. The summed E-state index contributed by atoms with van der Waals surface area (Å²) in [5.74, 6) is -0.102. The first-order valence-electron chi connectivity index (χ1n) is 9.76. The summed E-state index contributed by atoms with van der Waals surface area (Å²) in [6.45, 7) is 3.08. The number of nitrogens with zero attached hydrogens (tertiary/aromatic N) is 4. The molecule has 2 aromatic rings. The third kappa shape index (κ3) is 3.67. The molecule has 0 aliphatic carbocycles. The van der Waals surface area contributed by atoms with Gasteiger partial charge in [-0.3, -0.25) is 14.6 Å². The van der Waals surface area contributed by atoms with E-state index in [0.29, 0.717) is 31.6 Å². The molecule has 144 valence electrons. The fraction of sp³-hybridized carbons (Fsp3) is 0.364. The summed E-state index contributed by atoms with van der Waals surface area (Å²) >= 11 is 0. The summed E-state index contributed by atoms with van der Waals surface area (Å²) < 4.78 is 0. The number of aromatic nitrogens is 1. The molecule has 4 rings (SSSR count). The molecule has 3 heterocycles. The molecule has 0 N–H and O–H groups in total. The zero-order chi connectivity index (χ0) is 19.5. The number of benzene rings is 1. The second-order valence-corrected chi connectivity index (χ2v) is 7.43. The van der Waals surface area contributed by atoms with Crippen LogP contribution in [-0.2, 0) is 4.79 Å². The Morgan fingerprint density at radius 2 is 1.82 bits per heavy atom. The van der Waals surface area contributed by atoms with Crippen LogP contribution in [0.4, 0.5) is 0 Å². The number of hydrogen-bond acceptors (Lipinski definition) is 4. The molecule has 1 unspecified atom stereocenters. The number of pyridine rings is 1. The molecule has 0 radical (unpaired) electrons. The summed E-state index contributed by atoms with van der Waals surface area (Å²) in [7, 11) is 0. The lowest BCUT2D eigenvalue weighted by atomic mass is 9.94. The molecule has 28 heavy (non-hydrogen) atoms. The van der Waals surface area contributed by atoms with Gasteiger partial charge in [0.2, 0.25) is 5.91 Å². The van der Waals surface area contributed by atoms with Gasteiger partial charge in [0.1, 0.15) is 5.69 Å². The SMILES string of the molecule is Cc1ccnc(C(=O)N2CCC(C(=O)N3N=CCC3c3ccccc3)CC2)c1. The van der Waals surface area contributed by atoms with Crippen LogP contribution in [0.15, 0.2) is 53.8 Å². The standard InChI is InChI=1S/C22H24N4O2/c1-16-7-11-23-19(15-16)22(28)25-13-9-18(10-14-25)21(27)26-20(8-12-24-26)17-5-3-2-4-6-17/h2-7,11-12,15,18,20H,8-10,13-14H2,1H3. The van der Waals surface area contributed by atoms with Gasteiger partial charge in [-0.15, -0.1) is 0 Å². The first kappa shape index (κ1) is 18.3. The molecule has 0 spiro atoms. The highest BCUT2D eigenvalue weighted by Gasteiger charge is 2.35. The van der Waals surface area contributed by atoms with Crippen molar-refractivity contribution in [3.8, 4) is 0 Å². The van der Waals surface area contributed by atoms with Crippen LogP contribution in [-0.4, -0.2) is 46.0 Å². The minimum absolute atomic E-state index is 0.0233. The zero-order valence-corrected chi connectivity index (χ0v) is 16.0. The molecular weight excluding hydrogens is 352 g/mol. The summed E-state index contributed by atoms with van der Waals surface area (Å²) in [6.07, 6.45) is 5.53. The minimum atomic E-state index is -0.101. The van der Waals surface area contributed by atoms with E-state index in [-0.39, 0.29) is 23.8 Å². The third-order valence-electron chi connectivity index (χ3n) is 5.51. The van der Waals surface area contributed by atoms with Crippen LogP contribution in [0.2, 0.25) is 0 Å². The Balaban J connectivity index is 1.39. The molecular formula is C22H24N4O2. The summed E-state index contributed by atoms with van der Waals surface area (Å²) in [4.78, 5) is 31.7. The van der Waals surface area contributed by atoms with Gasteiger partial charge in [0, 0.05) is 37.8 Å². The smallest absolute Gasteiger partial charge is 0.272 e. The number of hydrazone groups is 1. The number of likely N-dealkylation sites (tertiary alicyclic amines) is 1. The van der Waals surface area contributed by atoms with E-state index >= 15 is 0 Å². The molecule has 0 saturated carbocycles. The normalized spacial score (nSPS) is 19.8. The minimum Gasteiger partial charge on any atom is -0.337 e. The predicted octanol–water partition coefficient (Wildman–Crippen LogP) is 3.20. The lowest BCUT2D eigenvalue weighted by Gasteiger charge is -2.33. The first-order chi connectivity index (χ1) is 13.6. The van der Waals surface area contributed by atoms with E-state index in [1.54, 1.807) is 16.1 Å². The molecule has 1 saturated heterocycles. The van der Waals surface area contributed by atoms with Crippen molar-refractivity contribution in [2.75, 3.05) is 13.1 Å². The number of amides is 2. The average molecular weight is 376 g/mol. The number of rotatable bonds is 3. The van der Waals surface area contributed by atoms with Crippen molar-refractivity contribution in [1.82, 2.24) is 14.9 Å². The van der Waals surface area contributed by atoms with Gasteiger partial charge in [-0.25, -0.2) is 5.01 Å². The van der Waals surface area contributed by atoms with Gasteiger partial charge in [-0.2, -0.15) is 5.10 Å². The van der Waals surface area contributed by atoms with Gasteiger partial charge >= 0.3 is 0 Å². The van der Waals surface area contributed by atoms with E-state index in [2.05, 4.69) is 10.1 Å². The van der Waals surface area contributed by atoms with Crippen molar-refractivity contribution < 1.29 is 9.59 Å². The van der Waals surface area contributed by atoms with Gasteiger partial charge < -0.3 is 4.90 Å². The second kappa shape index (κ2) is 7.92. The summed E-state index contributed by atoms with van der Waals surface area (Å²) in [5, 5.41) is 5.99. The van der Waals surface area contributed by atoms with Crippen LogP contribution in [0.3, 0.4) is 0 Å². The Morgan fingerprint density at radius 3 is 2.54 bits per heavy atom. The molecule has 2 aliphatic heterocycles. The van der Waals surface area contributed by atoms with Crippen LogP contribution in [0.5, 0.6) is 0 Å². The highest BCUT2D eigenvalue weighted by Crippen LogP contribution is 2.31. The fourth-order valence-corrected chi connectivity index (χ4v) is 3.91. The molecule has 1 aromatic carbocycles. The van der Waals surface area contributed by atoms with Crippen molar-refractivity contribution in [3.63, 3.8) is 0 Å². The van der Waals surface area contributed by atoms with E-state index < -0.39 is 0 Å². The molecule has 2 aliphatic rings. The fourth-order valence-electron chi connectivity index (χ4n) is 3.91. The topological polar surface area (TPSA) is 65.9 Å². The van der Waals surface area contributed by atoms with E-state index in [0.717, 1.165) is 17.5 Å². The van der Waals surface area contributed by atoms with Gasteiger partial charge in [0.05, 0.1) is 6.04 Å². The number of piperidine rings is 1. The quantitative estimate of drug-likeness (QED) is 0.826. The molecule has 1 fully saturated rings. The highest BCUT2D eigenvalue weighted by atomic mass is 16.2. The average Bonchev–Trinajstić information content (AvgIpc) is 3.23. The lowest BCUT2D eigenvalue weighted by Crippen LogP contribution is -2.43. The van der Waals surface area contributed by atoms with Crippen molar-refractivity contribution in [2.24, 2.45) is 11.0 Å². The van der Waals surface area contributed by atoms with Gasteiger partial charge in [-0.05, 0) is 43.0 Å². The first-order valence-corrected chi connectivity index (χ1v) is 9.76.